The molecule has 5 N–H and O–H groups in total. The van der Waals surface area contributed by atoms with Crippen molar-refractivity contribution in [2.45, 2.75) is 19.3 Å². The zero-order valence-corrected chi connectivity index (χ0v) is 18.8. The third-order valence-corrected chi connectivity index (χ3v) is 5.70. The number of hydrogen-bond acceptors (Lipinski definition) is 7. The molecule has 0 aliphatic carbocycles. The normalized spacial score (nSPS) is 14.8. The number of piperidine rings is 1. The Bertz CT molecular complexity index is 1060. The molecular formula is C26H31N7. The lowest BCUT2D eigenvalue weighted by atomic mass is 9.97. The first-order chi connectivity index (χ1) is 16.0. The minimum Gasteiger partial charge on any atom is -0.403 e. The van der Waals surface area contributed by atoms with Gasteiger partial charge in [0.1, 0.15) is 0 Å². The Hall–Kier alpha value is -4.00. The van der Waals surface area contributed by atoms with Gasteiger partial charge in [-0.05, 0) is 42.0 Å². The lowest BCUT2D eigenvalue weighted by Gasteiger charge is -2.31. The first-order valence-electron chi connectivity index (χ1n) is 10.9. The second kappa shape index (κ2) is 11.6. The van der Waals surface area contributed by atoms with Gasteiger partial charge in [0, 0.05) is 49.4 Å². The van der Waals surface area contributed by atoms with Crippen molar-refractivity contribution in [1.29, 1.82) is 10.8 Å². The van der Waals surface area contributed by atoms with E-state index in [2.05, 4.69) is 39.4 Å². The molecule has 1 aromatic carbocycles. The van der Waals surface area contributed by atoms with Crippen molar-refractivity contribution in [3.8, 4) is 11.4 Å². The van der Waals surface area contributed by atoms with Crippen molar-refractivity contribution in [1.82, 2.24) is 15.3 Å². The van der Waals surface area contributed by atoms with Crippen molar-refractivity contribution < 1.29 is 0 Å². The van der Waals surface area contributed by atoms with E-state index in [4.69, 9.17) is 16.6 Å². The van der Waals surface area contributed by atoms with Crippen LogP contribution < -0.4 is 16.0 Å². The first-order valence-corrected chi connectivity index (χ1v) is 10.9. The quantitative estimate of drug-likeness (QED) is 0.250. The summed E-state index contributed by atoms with van der Waals surface area (Å²) in [6.07, 6.45) is 14.2. The molecule has 0 saturated carbocycles. The van der Waals surface area contributed by atoms with Crippen LogP contribution in [-0.4, -0.2) is 35.0 Å². The van der Waals surface area contributed by atoms with Crippen LogP contribution in [0.3, 0.4) is 0 Å². The van der Waals surface area contributed by atoms with Gasteiger partial charge in [0.2, 0.25) is 0 Å². The highest BCUT2D eigenvalue weighted by Crippen LogP contribution is 2.24. The van der Waals surface area contributed by atoms with Gasteiger partial charge in [-0.1, -0.05) is 30.9 Å². The predicted molar refractivity (Wildman–Crippen MR) is 137 cm³/mol. The fourth-order valence-electron chi connectivity index (χ4n) is 3.64. The molecule has 1 aliphatic rings. The molecule has 0 amide bonds. The van der Waals surface area contributed by atoms with E-state index in [9.17, 15) is 0 Å². The summed E-state index contributed by atoms with van der Waals surface area (Å²) in [7, 11) is 0. The van der Waals surface area contributed by atoms with Crippen LogP contribution in [0.1, 0.15) is 18.4 Å². The molecule has 0 spiro atoms. The minimum atomic E-state index is 0.400. The fourth-order valence-corrected chi connectivity index (χ4v) is 3.64. The van der Waals surface area contributed by atoms with Crippen LogP contribution in [0.4, 0.5) is 5.69 Å². The number of benzene rings is 1. The fraction of sp³-hybridized carbons (Fsp3) is 0.231. The maximum absolute atomic E-state index is 8.35. The molecule has 7 nitrogen and oxygen atoms in total. The largest absolute Gasteiger partial charge is 0.403 e. The Morgan fingerprint density at radius 2 is 1.97 bits per heavy atom. The van der Waals surface area contributed by atoms with E-state index in [-0.39, 0.29) is 0 Å². The van der Waals surface area contributed by atoms with Gasteiger partial charge in [0.25, 0.3) is 0 Å². The molecule has 0 bridgehead atoms. The Kier molecular flexibility index (Phi) is 8.30. The second-order valence-corrected chi connectivity index (χ2v) is 7.95. The third-order valence-electron chi connectivity index (χ3n) is 5.70. The van der Waals surface area contributed by atoms with E-state index < -0.39 is 0 Å². The number of nitrogens with one attached hydrogen (secondary N) is 3. The van der Waals surface area contributed by atoms with Gasteiger partial charge in [0.05, 0.1) is 23.8 Å². The topological polar surface area (TPSA) is 115 Å². The van der Waals surface area contributed by atoms with Crippen molar-refractivity contribution >= 4 is 17.6 Å². The van der Waals surface area contributed by atoms with E-state index in [1.54, 1.807) is 12.3 Å². The SMILES string of the molecule is C=CC1CCN(c2cnc(-c3cccc(CC(=N)C(=C)/C=C\NC(C=N)=CN)c3)nc2)CC1. The summed E-state index contributed by atoms with van der Waals surface area (Å²) in [5, 5.41) is 18.4. The Balaban J connectivity index is 1.61. The van der Waals surface area contributed by atoms with Gasteiger partial charge in [-0.15, -0.1) is 6.58 Å². The lowest BCUT2D eigenvalue weighted by Crippen LogP contribution is -2.33. The highest BCUT2D eigenvalue weighted by Gasteiger charge is 2.17. The number of aromatic nitrogens is 2. The summed E-state index contributed by atoms with van der Waals surface area (Å²) in [4.78, 5) is 11.5. The van der Waals surface area contributed by atoms with E-state index in [1.807, 2.05) is 36.7 Å². The molecule has 1 saturated heterocycles. The summed E-state index contributed by atoms with van der Waals surface area (Å²) < 4.78 is 0. The van der Waals surface area contributed by atoms with Crippen LogP contribution in [0.25, 0.3) is 11.4 Å². The molecular weight excluding hydrogens is 410 g/mol. The lowest BCUT2D eigenvalue weighted by molar-refractivity contribution is 0.479. The summed E-state index contributed by atoms with van der Waals surface area (Å²) in [5.41, 5.74) is 9.79. The summed E-state index contributed by atoms with van der Waals surface area (Å²) >= 11 is 0. The molecule has 7 heteroatoms. The Morgan fingerprint density at radius 1 is 1.24 bits per heavy atom. The van der Waals surface area contributed by atoms with Crippen LogP contribution in [0, 0.1) is 16.7 Å². The number of allylic oxidation sites excluding steroid dienone is 4. The van der Waals surface area contributed by atoms with Gasteiger partial charge in [0.15, 0.2) is 5.82 Å². The van der Waals surface area contributed by atoms with Gasteiger partial charge in [-0.2, -0.15) is 0 Å². The van der Waals surface area contributed by atoms with Crippen LogP contribution in [0.15, 0.2) is 85.6 Å². The number of rotatable bonds is 10. The molecule has 0 atom stereocenters. The molecule has 2 aromatic rings. The maximum atomic E-state index is 8.35. The molecule has 2 heterocycles. The smallest absolute Gasteiger partial charge is 0.159 e. The Morgan fingerprint density at radius 3 is 2.61 bits per heavy atom. The van der Waals surface area contributed by atoms with Gasteiger partial charge in [-0.25, -0.2) is 9.97 Å². The van der Waals surface area contributed by atoms with Crippen molar-refractivity contribution in [3.05, 3.63) is 91.2 Å². The number of nitrogens with two attached hydrogens (primary N) is 1. The predicted octanol–water partition coefficient (Wildman–Crippen LogP) is 4.22. The van der Waals surface area contributed by atoms with E-state index >= 15 is 0 Å². The molecule has 1 aromatic heterocycles. The van der Waals surface area contributed by atoms with Crippen molar-refractivity contribution in [3.63, 3.8) is 0 Å². The Labute approximate surface area is 195 Å². The van der Waals surface area contributed by atoms with Gasteiger partial charge in [-0.3, -0.25) is 0 Å². The van der Waals surface area contributed by atoms with Crippen molar-refractivity contribution in [2.75, 3.05) is 18.0 Å². The highest BCUT2D eigenvalue weighted by atomic mass is 15.1. The molecule has 1 aliphatic heterocycles. The summed E-state index contributed by atoms with van der Waals surface area (Å²) in [5.74, 6) is 1.27. The zero-order chi connectivity index (χ0) is 23.6. The zero-order valence-electron chi connectivity index (χ0n) is 18.8. The van der Waals surface area contributed by atoms with Crippen molar-refractivity contribution in [2.24, 2.45) is 11.7 Å². The van der Waals surface area contributed by atoms with Crippen LogP contribution in [0.5, 0.6) is 0 Å². The molecule has 0 unspecified atom stereocenters. The maximum Gasteiger partial charge on any atom is 0.159 e. The highest BCUT2D eigenvalue weighted by molar-refractivity contribution is 6.01. The molecule has 1 fully saturated rings. The molecule has 3 rings (SSSR count). The van der Waals surface area contributed by atoms with Crippen LogP contribution in [0.2, 0.25) is 0 Å². The second-order valence-electron chi connectivity index (χ2n) is 7.95. The van der Waals surface area contributed by atoms with E-state index in [1.165, 1.54) is 6.20 Å². The monoisotopic (exact) mass is 441 g/mol. The molecule has 33 heavy (non-hydrogen) atoms. The first kappa shape index (κ1) is 23.7. The van der Waals surface area contributed by atoms with Crippen LogP contribution >= 0.6 is 0 Å². The third kappa shape index (κ3) is 6.49. The average molecular weight is 442 g/mol. The number of anilines is 1. The van der Waals surface area contributed by atoms with Crippen LogP contribution in [-0.2, 0) is 6.42 Å². The number of hydrogen-bond donors (Lipinski definition) is 4. The summed E-state index contributed by atoms with van der Waals surface area (Å²) in [6.45, 7) is 9.85. The number of nitrogens with zero attached hydrogens (tertiary/aromatic N) is 3. The van der Waals surface area contributed by atoms with Gasteiger partial charge < -0.3 is 26.8 Å². The van der Waals surface area contributed by atoms with E-state index in [0.717, 1.165) is 49.0 Å². The minimum absolute atomic E-state index is 0.400. The summed E-state index contributed by atoms with van der Waals surface area (Å²) in [6, 6.07) is 7.93. The average Bonchev–Trinajstić information content (AvgIpc) is 2.87. The molecule has 0 radical (unpaired) electrons. The standard InChI is InChI=1S/C26H31N7/c1-3-20-8-11-33(12-9-20)24-17-31-26(32-18-24)22-6-4-5-21(13-22)14-25(29)19(2)7-10-30-23(15-27)16-28/h3-7,10,13,15-18,20,27,29-30H,1-2,8-9,11-12,14,28H2/b10-7-,23-16?,27-15?,29-25?. The van der Waals surface area contributed by atoms with E-state index in [0.29, 0.717) is 35.1 Å². The van der Waals surface area contributed by atoms with Gasteiger partial charge >= 0.3 is 0 Å². The molecule has 170 valence electrons.